The molecule has 0 aliphatic carbocycles. The fourth-order valence-electron chi connectivity index (χ4n) is 2.77. The molecular weight excluding hydrogens is 198 g/mol. The van der Waals surface area contributed by atoms with E-state index in [4.69, 9.17) is 0 Å². The maximum absolute atomic E-state index is 3.40. The van der Waals surface area contributed by atoms with E-state index in [-0.39, 0.29) is 0 Å². The van der Waals surface area contributed by atoms with Crippen LogP contribution in [0.5, 0.6) is 0 Å². The summed E-state index contributed by atoms with van der Waals surface area (Å²) in [6, 6.07) is 0.633. The van der Waals surface area contributed by atoms with E-state index in [2.05, 4.69) is 35.0 Å². The minimum atomic E-state index is 0.633. The van der Waals surface area contributed by atoms with Gasteiger partial charge in [0.2, 0.25) is 0 Å². The zero-order valence-corrected chi connectivity index (χ0v) is 10.7. The molecule has 0 spiro atoms. The van der Waals surface area contributed by atoms with E-state index < -0.39 is 0 Å². The van der Waals surface area contributed by atoms with Crippen molar-refractivity contribution >= 4 is 0 Å². The molecule has 92 valence electrons. The Kier molecular flexibility index (Phi) is 4.38. The summed E-state index contributed by atoms with van der Waals surface area (Å²) in [7, 11) is 0. The van der Waals surface area contributed by atoms with Crippen LogP contribution >= 0.6 is 0 Å². The molecule has 2 rings (SSSR count). The van der Waals surface area contributed by atoms with E-state index >= 15 is 0 Å². The molecule has 3 nitrogen and oxygen atoms in total. The van der Waals surface area contributed by atoms with Gasteiger partial charge in [0.15, 0.2) is 0 Å². The molecule has 3 heteroatoms. The van der Waals surface area contributed by atoms with Crippen molar-refractivity contribution in [2.75, 3.05) is 39.4 Å². The smallest absolute Gasteiger partial charge is 0.0484 e. The van der Waals surface area contributed by atoms with Crippen LogP contribution in [0.4, 0.5) is 0 Å². The number of hydrogen-bond acceptors (Lipinski definition) is 3. The van der Waals surface area contributed by atoms with Gasteiger partial charge in [-0.25, -0.2) is 0 Å². The first kappa shape index (κ1) is 12.1. The van der Waals surface area contributed by atoms with Crippen molar-refractivity contribution in [3.8, 4) is 0 Å². The highest BCUT2D eigenvalue weighted by atomic mass is 15.3. The van der Waals surface area contributed by atoms with Crippen molar-refractivity contribution in [3.05, 3.63) is 11.6 Å². The highest BCUT2D eigenvalue weighted by Gasteiger charge is 2.22. The molecular formula is C13H25N3. The maximum atomic E-state index is 3.40. The van der Waals surface area contributed by atoms with Crippen LogP contribution in [0.3, 0.4) is 0 Å². The van der Waals surface area contributed by atoms with Gasteiger partial charge >= 0.3 is 0 Å². The summed E-state index contributed by atoms with van der Waals surface area (Å²) < 4.78 is 0. The van der Waals surface area contributed by atoms with Gasteiger partial charge < -0.3 is 5.32 Å². The Labute approximate surface area is 99.5 Å². The Balaban J connectivity index is 1.88. The maximum Gasteiger partial charge on any atom is 0.0484 e. The molecule has 1 atom stereocenters. The molecule has 2 aliphatic rings. The molecule has 0 aromatic carbocycles. The van der Waals surface area contributed by atoms with Crippen molar-refractivity contribution in [1.29, 1.82) is 0 Å². The van der Waals surface area contributed by atoms with Crippen LogP contribution < -0.4 is 5.32 Å². The Morgan fingerprint density at radius 1 is 1.31 bits per heavy atom. The summed E-state index contributed by atoms with van der Waals surface area (Å²) in [6.07, 6.45) is 5.08. The van der Waals surface area contributed by atoms with Crippen molar-refractivity contribution in [3.63, 3.8) is 0 Å². The first-order chi connectivity index (χ1) is 7.81. The predicted octanol–water partition coefficient (Wildman–Crippen LogP) is 1.28. The zero-order valence-electron chi connectivity index (χ0n) is 10.7. The van der Waals surface area contributed by atoms with Crippen LogP contribution in [0.1, 0.15) is 26.7 Å². The van der Waals surface area contributed by atoms with Gasteiger partial charge in [-0.3, -0.25) is 9.80 Å². The molecule has 0 aromatic heterocycles. The fourth-order valence-corrected chi connectivity index (χ4v) is 2.77. The van der Waals surface area contributed by atoms with Crippen LogP contribution in [0.15, 0.2) is 11.6 Å². The lowest BCUT2D eigenvalue weighted by molar-refractivity contribution is 0.266. The molecule has 0 amide bonds. The summed E-state index contributed by atoms with van der Waals surface area (Å²) in [4.78, 5) is 5.13. The van der Waals surface area contributed by atoms with Gasteiger partial charge in [-0.15, -0.1) is 0 Å². The summed E-state index contributed by atoms with van der Waals surface area (Å²) in [5.41, 5.74) is 1.59. The third kappa shape index (κ3) is 2.84. The molecule has 2 aliphatic heterocycles. The first-order valence-corrected chi connectivity index (χ1v) is 6.63. The number of allylic oxidation sites excluding steroid dienone is 1. The molecule has 0 radical (unpaired) electrons. The third-order valence-corrected chi connectivity index (χ3v) is 3.94. The second-order valence-electron chi connectivity index (χ2n) is 4.99. The Morgan fingerprint density at radius 2 is 2.06 bits per heavy atom. The molecule has 16 heavy (non-hydrogen) atoms. The third-order valence-electron chi connectivity index (χ3n) is 3.94. The second kappa shape index (κ2) is 5.80. The lowest BCUT2D eigenvalue weighted by Gasteiger charge is -2.28. The van der Waals surface area contributed by atoms with Crippen LogP contribution in [-0.4, -0.2) is 55.2 Å². The molecule has 0 bridgehead atoms. The quantitative estimate of drug-likeness (QED) is 0.724. The van der Waals surface area contributed by atoms with Crippen molar-refractivity contribution in [2.45, 2.75) is 32.7 Å². The van der Waals surface area contributed by atoms with E-state index in [0.29, 0.717) is 6.04 Å². The molecule has 0 aromatic rings. The van der Waals surface area contributed by atoms with Crippen molar-refractivity contribution in [1.82, 2.24) is 15.1 Å². The number of likely N-dealkylation sites (tertiary alicyclic amines) is 1. The molecule has 1 N–H and O–H groups in total. The zero-order chi connectivity index (χ0) is 11.4. The minimum absolute atomic E-state index is 0.633. The lowest BCUT2D eigenvalue weighted by atomic mass is 10.1. The van der Waals surface area contributed by atoms with Gasteiger partial charge in [-0.1, -0.05) is 6.08 Å². The summed E-state index contributed by atoms with van der Waals surface area (Å²) in [5.74, 6) is 0. The Morgan fingerprint density at radius 3 is 2.62 bits per heavy atom. The Hall–Kier alpha value is -0.380. The lowest BCUT2D eigenvalue weighted by Crippen LogP contribution is -2.36. The first-order valence-electron chi connectivity index (χ1n) is 6.63. The number of nitrogens with one attached hydrogen (secondary N) is 1. The van der Waals surface area contributed by atoms with Gasteiger partial charge in [0.05, 0.1) is 0 Å². The van der Waals surface area contributed by atoms with Gasteiger partial charge in [-0.05, 0) is 45.4 Å². The van der Waals surface area contributed by atoms with Gasteiger partial charge in [-0.2, -0.15) is 0 Å². The predicted molar refractivity (Wildman–Crippen MR) is 68.5 cm³/mol. The van der Waals surface area contributed by atoms with E-state index in [1.807, 2.05) is 0 Å². The monoisotopic (exact) mass is 223 g/mol. The molecule has 0 saturated carbocycles. The minimum Gasteiger partial charge on any atom is -0.303 e. The van der Waals surface area contributed by atoms with Crippen LogP contribution in [0, 0.1) is 0 Å². The SMILES string of the molecule is C/C=C(/CN1CCNC1)C(C)N1CCCC1. The van der Waals surface area contributed by atoms with E-state index in [1.54, 1.807) is 5.57 Å². The molecule has 2 saturated heterocycles. The highest BCUT2D eigenvalue weighted by Crippen LogP contribution is 2.18. The van der Waals surface area contributed by atoms with Gasteiger partial charge in [0.25, 0.3) is 0 Å². The van der Waals surface area contributed by atoms with E-state index in [9.17, 15) is 0 Å². The van der Waals surface area contributed by atoms with E-state index in [1.165, 1.54) is 32.5 Å². The summed E-state index contributed by atoms with van der Waals surface area (Å²) >= 11 is 0. The Bertz CT molecular complexity index is 238. The average Bonchev–Trinajstić information content (AvgIpc) is 2.97. The van der Waals surface area contributed by atoms with Crippen LogP contribution in [0.2, 0.25) is 0 Å². The van der Waals surface area contributed by atoms with E-state index in [0.717, 1.165) is 19.8 Å². The number of hydrogen-bond donors (Lipinski definition) is 1. The van der Waals surface area contributed by atoms with Crippen molar-refractivity contribution < 1.29 is 0 Å². The normalized spacial score (nSPS) is 26.5. The molecule has 2 fully saturated rings. The highest BCUT2D eigenvalue weighted by molar-refractivity contribution is 5.12. The topological polar surface area (TPSA) is 18.5 Å². The van der Waals surface area contributed by atoms with Gasteiger partial charge in [0.1, 0.15) is 0 Å². The standard InChI is InChI=1S/C13H25N3/c1-3-13(10-15-9-6-14-11-15)12(2)16-7-4-5-8-16/h3,12,14H,4-11H2,1-2H3/b13-3-. The van der Waals surface area contributed by atoms with Gasteiger partial charge in [0, 0.05) is 32.3 Å². The molecule has 2 heterocycles. The largest absolute Gasteiger partial charge is 0.303 e. The number of nitrogens with zero attached hydrogens (tertiary/aromatic N) is 2. The summed E-state index contributed by atoms with van der Waals surface area (Å²) in [5, 5.41) is 3.40. The van der Waals surface area contributed by atoms with Crippen LogP contribution in [-0.2, 0) is 0 Å². The van der Waals surface area contributed by atoms with Crippen LogP contribution in [0.25, 0.3) is 0 Å². The summed E-state index contributed by atoms with van der Waals surface area (Å²) in [6.45, 7) is 11.7. The second-order valence-corrected chi connectivity index (χ2v) is 4.99. The number of rotatable bonds is 4. The average molecular weight is 223 g/mol. The fraction of sp³-hybridized carbons (Fsp3) is 0.846. The molecule has 1 unspecified atom stereocenters. The van der Waals surface area contributed by atoms with Crippen molar-refractivity contribution in [2.24, 2.45) is 0 Å².